The summed E-state index contributed by atoms with van der Waals surface area (Å²) in [5.41, 5.74) is 5.89. The highest BCUT2D eigenvalue weighted by molar-refractivity contribution is 6.68. The van der Waals surface area contributed by atoms with Crippen LogP contribution in [0.5, 0.6) is 0 Å². The SMILES string of the molecule is CCCC[Si](OC)(OC)C(C)N. The van der Waals surface area contributed by atoms with E-state index in [-0.39, 0.29) is 5.67 Å². The van der Waals surface area contributed by atoms with Gasteiger partial charge in [-0.3, -0.25) is 0 Å². The maximum atomic E-state index is 5.85. The lowest BCUT2D eigenvalue weighted by molar-refractivity contribution is 0.230. The first-order valence-corrected chi connectivity index (χ1v) is 6.59. The zero-order valence-electron chi connectivity index (χ0n) is 8.59. The van der Waals surface area contributed by atoms with E-state index >= 15 is 0 Å². The molecule has 0 aromatic rings. The van der Waals surface area contributed by atoms with Crippen molar-refractivity contribution in [1.82, 2.24) is 0 Å². The first-order valence-electron chi connectivity index (χ1n) is 4.48. The molecule has 0 heterocycles. The normalized spacial score (nSPS) is 14.8. The molecule has 0 aromatic heterocycles. The lowest BCUT2D eigenvalue weighted by Gasteiger charge is -2.30. The van der Waals surface area contributed by atoms with Crippen molar-refractivity contribution in [2.75, 3.05) is 14.2 Å². The second kappa shape index (κ2) is 5.69. The molecule has 0 aromatic carbocycles. The Morgan fingerprint density at radius 3 is 2.08 bits per heavy atom. The molecule has 0 aliphatic carbocycles. The Morgan fingerprint density at radius 1 is 1.33 bits per heavy atom. The van der Waals surface area contributed by atoms with E-state index in [1.54, 1.807) is 14.2 Å². The Balaban J connectivity index is 4.15. The number of unbranched alkanes of at least 4 members (excludes halogenated alkanes) is 1. The van der Waals surface area contributed by atoms with Crippen molar-refractivity contribution in [2.24, 2.45) is 5.73 Å². The van der Waals surface area contributed by atoms with Gasteiger partial charge in [-0.25, -0.2) is 0 Å². The molecule has 74 valence electrons. The monoisotopic (exact) mass is 191 g/mol. The van der Waals surface area contributed by atoms with Gasteiger partial charge in [-0.05, 0) is 13.0 Å². The molecule has 0 aliphatic heterocycles. The van der Waals surface area contributed by atoms with Gasteiger partial charge in [-0.1, -0.05) is 19.8 Å². The van der Waals surface area contributed by atoms with Gasteiger partial charge in [-0.2, -0.15) is 0 Å². The van der Waals surface area contributed by atoms with E-state index in [0.29, 0.717) is 0 Å². The van der Waals surface area contributed by atoms with Crippen molar-refractivity contribution in [3.05, 3.63) is 0 Å². The van der Waals surface area contributed by atoms with Gasteiger partial charge < -0.3 is 14.6 Å². The zero-order valence-corrected chi connectivity index (χ0v) is 9.59. The largest absolute Gasteiger partial charge is 0.397 e. The standard InChI is InChI=1S/C8H21NO2Si/c1-5-6-7-12(10-3,11-4)8(2)9/h8H,5-7,9H2,1-4H3. The minimum atomic E-state index is -2.06. The second-order valence-electron chi connectivity index (χ2n) is 3.11. The van der Waals surface area contributed by atoms with Crippen molar-refractivity contribution in [3.63, 3.8) is 0 Å². The molecule has 0 fully saturated rings. The van der Waals surface area contributed by atoms with Crippen molar-refractivity contribution < 1.29 is 8.85 Å². The smallest absolute Gasteiger partial charge is 0.354 e. The van der Waals surface area contributed by atoms with Crippen LogP contribution in [0.4, 0.5) is 0 Å². The summed E-state index contributed by atoms with van der Waals surface area (Å²) < 4.78 is 10.9. The van der Waals surface area contributed by atoms with Crippen LogP contribution in [0.25, 0.3) is 0 Å². The molecule has 0 saturated carbocycles. The Morgan fingerprint density at radius 2 is 1.83 bits per heavy atom. The average Bonchev–Trinajstić information content (AvgIpc) is 2.07. The predicted molar refractivity (Wildman–Crippen MR) is 53.1 cm³/mol. The molecule has 2 N–H and O–H groups in total. The molecule has 12 heavy (non-hydrogen) atoms. The van der Waals surface area contributed by atoms with Gasteiger partial charge >= 0.3 is 8.56 Å². The number of rotatable bonds is 6. The molecule has 1 atom stereocenters. The molecule has 1 unspecified atom stereocenters. The van der Waals surface area contributed by atoms with Gasteiger partial charge in [0.1, 0.15) is 0 Å². The predicted octanol–water partition coefficient (Wildman–Crippen LogP) is 1.41. The molecule has 0 aliphatic rings. The van der Waals surface area contributed by atoms with E-state index in [0.717, 1.165) is 18.9 Å². The Hall–Kier alpha value is 0.0969. The van der Waals surface area contributed by atoms with Crippen LogP contribution in [-0.4, -0.2) is 28.4 Å². The van der Waals surface area contributed by atoms with Gasteiger partial charge in [-0.15, -0.1) is 0 Å². The average molecular weight is 191 g/mol. The third-order valence-corrected chi connectivity index (χ3v) is 6.08. The maximum Gasteiger partial charge on any atom is 0.354 e. The number of nitrogens with two attached hydrogens (primary N) is 1. The lowest BCUT2D eigenvalue weighted by atomic mass is 10.4. The van der Waals surface area contributed by atoms with E-state index in [9.17, 15) is 0 Å². The topological polar surface area (TPSA) is 44.5 Å². The van der Waals surface area contributed by atoms with Crippen LogP contribution in [-0.2, 0) is 8.85 Å². The molecule has 3 nitrogen and oxygen atoms in total. The summed E-state index contributed by atoms with van der Waals surface area (Å²) in [4.78, 5) is 0. The summed E-state index contributed by atoms with van der Waals surface area (Å²) in [7, 11) is 1.34. The van der Waals surface area contributed by atoms with Crippen molar-refractivity contribution >= 4 is 8.56 Å². The van der Waals surface area contributed by atoms with E-state index in [1.165, 1.54) is 0 Å². The minimum Gasteiger partial charge on any atom is -0.397 e. The fourth-order valence-electron chi connectivity index (χ4n) is 1.31. The summed E-state index contributed by atoms with van der Waals surface area (Å²) in [5, 5.41) is 0. The Bertz CT molecular complexity index is 116. The molecule has 0 spiro atoms. The van der Waals surface area contributed by atoms with Crippen LogP contribution in [0.2, 0.25) is 6.04 Å². The van der Waals surface area contributed by atoms with Gasteiger partial charge in [0, 0.05) is 19.9 Å². The Labute approximate surface area is 76.5 Å². The highest BCUT2D eigenvalue weighted by Gasteiger charge is 2.39. The maximum absolute atomic E-state index is 5.85. The molecule has 0 bridgehead atoms. The Kier molecular flexibility index (Phi) is 5.74. The number of hydrogen-bond acceptors (Lipinski definition) is 3. The first-order chi connectivity index (χ1) is 5.63. The summed E-state index contributed by atoms with van der Waals surface area (Å²) >= 11 is 0. The first kappa shape index (κ1) is 12.1. The molecular formula is C8H21NO2Si. The van der Waals surface area contributed by atoms with E-state index in [1.807, 2.05) is 6.92 Å². The van der Waals surface area contributed by atoms with E-state index in [2.05, 4.69) is 6.92 Å². The van der Waals surface area contributed by atoms with Crippen LogP contribution >= 0.6 is 0 Å². The highest BCUT2D eigenvalue weighted by Crippen LogP contribution is 2.18. The van der Waals surface area contributed by atoms with Crippen molar-refractivity contribution in [1.29, 1.82) is 0 Å². The van der Waals surface area contributed by atoms with Crippen LogP contribution in [0.1, 0.15) is 26.7 Å². The highest BCUT2D eigenvalue weighted by atomic mass is 28.4. The molecule has 0 saturated heterocycles. The van der Waals surface area contributed by atoms with Gasteiger partial charge in [0.05, 0.1) is 0 Å². The lowest BCUT2D eigenvalue weighted by Crippen LogP contribution is -2.55. The summed E-state index contributed by atoms with van der Waals surface area (Å²) in [6, 6.07) is 0.994. The minimum absolute atomic E-state index is 0.0408. The fraction of sp³-hybridized carbons (Fsp3) is 1.00. The van der Waals surface area contributed by atoms with Gasteiger partial charge in [0.15, 0.2) is 0 Å². The zero-order chi connectivity index (χ0) is 9.61. The van der Waals surface area contributed by atoms with Crippen molar-refractivity contribution in [3.8, 4) is 0 Å². The van der Waals surface area contributed by atoms with Gasteiger partial charge in [0.25, 0.3) is 0 Å². The van der Waals surface area contributed by atoms with Crippen LogP contribution < -0.4 is 5.73 Å². The third-order valence-electron chi connectivity index (χ3n) is 2.26. The van der Waals surface area contributed by atoms with Crippen LogP contribution in [0, 0.1) is 0 Å². The summed E-state index contributed by atoms with van der Waals surface area (Å²) in [6.45, 7) is 4.13. The third kappa shape index (κ3) is 2.86. The molecule has 0 rings (SSSR count). The molecule has 0 amide bonds. The second-order valence-corrected chi connectivity index (χ2v) is 6.96. The molecule has 4 heteroatoms. The van der Waals surface area contributed by atoms with Crippen LogP contribution in [0.15, 0.2) is 0 Å². The van der Waals surface area contributed by atoms with Crippen LogP contribution in [0.3, 0.4) is 0 Å². The molecular weight excluding hydrogens is 170 g/mol. The summed E-state index contributed by atoms with van der Waals surface area (Å²) in [6.07, 6.45) is 2.30. The quantitative estimate of drug-likeness (QED) is 0.646. The van der Waals surface area contributed by atoms with Crippen molar-refractivity contribution in [2.45, 2.75) is 38.4 Å². The summed E-state index contributed by atoms with van der Waals surface area (Å²) in [5.74, 6) is 0. The molecule has 0 radical (unpaired) electrons. The van der Waals surface area contributed by atoms with E-state index in [4.69, 9.17) is 14.6 Å². The van der Waals surface area contributed by atoms with Gasteiger partial charge in [0.2, 0.25) is 0 Å². The number of hydrogen-bond donors (Lipinski definition) is 1. The fourth-order valence-corrected chi connectivity index (χ4v) is 3.93. The van der Waals surface area contributed by atoms with E-state index < -0.39 is 8.56 Å².